The normalized spacial score (nSPS) is 18.0. The first-order chi connectivity index (χ1) is 10.1. The summed E-state index contributed by atoms with van der Waals surface area (Å²) in [5.41, 5.74) is 1.64. The Bertz CT molecular complexity index is 657. The van der Waals surface area contributed by atoms with Crippen molar-refractivity contribution in [1.29, 1.82) is 0 Å². The van der Waals surface area contributed by atoms with Gasteiger partial charge in [0.15, 0.2) is 0 Å². The molecule has 1 unspecified atom stereocenters. The van der Waals surface area contributed by atoms with Crippen LogP contribution in [0.1, 0.15) is 28.3 Å². The fourth-order valence-electron chi connectivity index (χ4n) is 2.80. The van der Waals surface area contributed by atoms with Crippen LogP contribution in [0.2, 0.25) is 0 Å². The van der Waals surface area contributed by atoms with Crippen LogP contribution in [0.4, 0.5) is 0 Å². The van der Waals surface area contributed by atoms with Crippen molar-refractivity contribution >= 4 is 21.8 Å². The number of carbonyl (C=O) groups is 1. The lowest BCUT2D eigenvalue weighted by Crippen LogP contribution is -2.28. The highest BCUT2D eigenvalue weighted by Gasteiger charge is 2.28. The van der Waals surface area contributed by atoms with E-state index < -0.39 is 0 Å². The first-order valence-electron chi connectivity index (χ1n) is 6.98. The summed E-state index contributed by atoms with van der Waals surface area (Å²) >= 11 is 3.28. The maximum Gasteiger partial charge on any atom is 0.257 e. The molecule has 1 fully saturated rings. The van der Waals surface area contributed by atoms with E-state index in [1.807, 2.05) is 23.1 Å². The molecule has 0 bridgehead atoms. The Labute approximate surface area is 132 Å². The number of halogens is 1. The van der Waals surface area contributed by atoms with Crippen molar-refractivity contribution in [3.63, 3.8) is 0 Å². The third-order valence-corrected chi connectivity index (χ3v) is 4.43. The Kier molecular flexibility index (Phi) is 3.97. The van der Waals surface area contributed by atoms with Crippen LogP contribution in [0.25, 0.3) is 0 Å². The summed E-state index contributed by atoms with van der Waals surface area (Å²) < 4.78 is 0.764. The van der Waals surface area contributed by atoms with Gasteiger partial charge in [0, 0.05) is 23.5 Å². The number of likely N-dealkylation sites (tertiary alicyclic amines) is 1. The summed E-state index contributed by atoms with van der Waals surface area (Å²) in [7, 11) is 0. The van der Waals surface area contributed by atoms with Gasteiger partial charge in [-0.1, -0.05) is 46.3 Å². The van der Waals surface area contributed by atoms with Gasteiger partial charge in [0.1, 0.15) is 5.75 Å². The molecule has 0 spiro atoms. The molecule has 0 saturated carbocycles. The molecule has 1 N–H and O–H groups in total. The summed E-state index contributed by atoms with van der Waals surface area (Å²) in [6.07, 6.45) is 0.965. The van der Waals surface area contributed by atoms with Crippen molar-refractivity contribution < 1.29 is 9.90 Å². The smallest absolute Gasteiger partial charge is 0.257 e. The van der Waals surface area contributed by atoms with E-state index >= 15 is 0 Å². The van der Waals surface area contributed by atoms with Gasteiger partial charge in [-0.25, -0.2) is 0 Å². The number of phenolic OH excluding ortho intramolecular Hbond substituents is 1. The number of hydrogen-bond acceptors (Lipinski definition) is 2. The summed E-state index contributed by atoms with van der Waals surface area (Å²) in [5.74, 6) is 0.309. The van der Waals surface area contributed by atoms with Gasteiger partial charge in [-0.2, -0.15) is 0 Å². The van der Waals surface area contributed by atoms with Crippen LogP contribution in [0.15, 0.2) is 53.0 Å². The Balaban J connectivity index is 1.75. The SMILES string of the molecule is O=C(c1ccc(Br)cc1O)N1CCC(c2ccccc2)C1. The van der Waals surface area contributed by atoms with Crippen LogP contribution in [-0.4, -0.2) is 29.0 Å². The second kappa shape index (κ2) is 5.90. The topological polar surface area (TPSA) is 40.5 Å². The van der Waals surface area contributed by atoms with Crippen molar-refractivity contribution in [3.05, 3.63) is 64.1 Å². The molecule has 3 nitrogen and oxygen atoms in total. The van der Waals surface area contributed by atoms with E-state index in [0.717, 1.165) is 17.4 Å². The Hall–Kier alpha value is -1.81. The predicted octanol–water partition coefficient (Wildman–Crippen LogP) is 3.78. The maximum atomic E-state index is 12.5. The molecular formula is C17H16BrNO2. The van der Waals surface area contributed by atoms with E-state index in [1.165, 1.54) is 5.56 Å². The van der Waals surface area contributed by atoms with E-state index in [2.05, 4.69) is 28.1 Å². The average molecular weight is 346 g/mol. The number of amides is 1. The largest absolute Gasteiger partial charge is 0.507 e. The zero-order valence-corrected chi connectivity index (χ0v) is 13.1. The van der Waals surface area contributed by atoms with E-state index in [0.29, 0.717) is 18.0 Å². The first kappa shape index (κ1) is 14.1. The fraction of sp³-hybridized carbons (Fsp3) is 0.235. The number of phenols is 1. The average Bonchev–Trinajstić information content (AvgIpc) is 2.97. The first-order valence-corrected chi connectivity index (χ1v) is 7.77. The van der Waals surface area contributed by atoms with Gasteiger partial charge in [-0.3, -0.25) is 4.79 Å². The molecule has 1 saturated heterocycles. The van der Waals surface area contributed by atoms with E-state index in [1.54, 1.807) is 18.2 Å². The number of benzene rings is 2. The number of nitrogens with zero attached hydrogens (tertiary/aromatic N) is 1. The number of aromatic hydroxyl groups is 1. The molecule has 4 heteroatoms. The molecule has 0 aliphatic carbocycles. The van der Waals surface area contributed by atoms with Crippen molar-refractivity contribution in [1.82, 2.24) is 4.90 Å². The van der Waals surface area contributed by atoms with Crippen LogP contribution in [-0.2, 0) is 0 Å². The van der Waals surface area contributed by atoms with Gasteiger partial charge < -0.3 is 10.0 Å². The number of hydrogen-bond donors (Lipinski definition) is 1. The van der Waals surface area contributed by atoms with Gasteiger partial charge in [0.2, 0.25) is 0 Å². The molecule has 1 amide bonds. The van der Waals surface area contributed by atoms with Gasteiger partial charge in [0.25, 0.3) is 5.91 Å². The molecule has 108 valence electrons. The fourth-order valence-corrected chi connectivity index (χ4v) is 3.15. The molecule has 21 heavy (non-hydrogen) atoms. The molecule has 1 atom stereocenters. The van der Waals surface area contributed by atoms with Crippen LogP contribution in [0.3, 0.4) is 0 Å². The van der Waals surface area contributed by atoms with Gasteiger partial charge in [0.05, 0.1) is 5.56 Å². The van der Waals surface area contributed by atoms with Crippen LogP contribution < -0.4 is 0 Å². The monoisotopic (exact) mass is 345 g/mol. The van der Waals surface area contributed by atoms with Crippen molar-refractivity contribution in [2.45, 2.75) is 12.3 Å². The van der Waals surface area contributed by atoms with Crippen molar-refractivity contribution in [2.24, 2.45) is 0 Å². The molecule has 1 aliphatic rings. The quantitative estimate of drug-likeness (QED) is 0.899. The third-order valence-electron chi connectivity index (χ3n) is 3.94. The zero-order valence-electron chi connectivity index (χ0n) is 11.5. The third kappa shape index (κ3) is 2.95. The lowest BCUT2D eigenvalue weighted by Gasteiger charge is -2.17. The summed E-state index contributed by atoms with van der Waals surface area (Å²) in [5, 5.41) is 9.93. The molecule has 2 aromatic carbocycles. The predicted molar refractivity (Wildman–Crippen MR) is 85.5 cm³/mol. The molecule has 3 rings (SSSR count). The molecule has 1 aliphatic heterocycles. The second-order valence-corrected chi connectivity index (χ2v) is 6.22. The minimum absolute atomic E-state index is 0.0255. The molecular weight excluding hydrogens is 330 g/mol. The molecule has 2 aromatic rings. The Morgan fingerprint density at radius 3 is 2.67 bits per heavy atom. The summed E-state index contributed by atoms with van der Waals surface area (Å²) in [4.78, 5) is 14.3. The standard InChI is InChI=1S/C17H16BrNO2/c18-14-6-7-15(16(20)10-14)17(21)19-9-8-13(11-19)12-4-2-1-3-5-12/h1-7,10,13,20H,8-9,11H2. The van der Waals surface area contributed by atoms with E-state index in [-0.39, 0.29) is 11.7 Å². The van der Waals surface area contributed by atoms with Crippen LogP contribution in [0.5, 0.6) is 5.75 Å². The van der Waals surface area contributed by atoms with Gasteiger partial charge in [-0.15, -0.1) is 0 Å². The van der Waals surface area contributed by atoms with Gasteiger partial charge in [-0.05, 0) is 30.2 Å². The Morgan fingerprint density at radius 2 is 1.95 bits per heavy atom. The highest BCUT2D eigenvalue weighted by atomic mass is 79.9. The molecule has 0 aromatic heterocycles. The minimum atomic E-state index is -0.0987. The molecule has 1 heterocycles. The molecule has 0 radical (unpaired) electrons. The van der Waals surface area contributed by atoms with E-state index in [9.17, 15) is 9.90 Å². The lowest BCUT2D eigenvalue weighted by atomic mass is 9.99. The minimum Gasteiger partial charge on any atom is -0.507 e. The number of rotatable bonds is 2. The Morgan fingerprint density at radius 1 is 1.19 bits per heavy atom. The maximum absolute atomic E-state index is 12.5. The highest BCUT2D eigenvalue weighted by molar-refractivity contribution is 9.10. The summed E-state index contributed by atoms with van der Waals surface area (Å²) in [6.45, 7) is 1.44. The van der Waals surface area contributed by atoms with Gasteiger partial charge >= 0.3 is 0 Å². The lowest BCUT2D eigenvalue weighted by molar-refractivity contribution is 0.0788. The van der Waals surface area contributed by atoms with Crippen molar-refractivity contribution in [3.8, 4) is 5.75 Å². The van der Waals surface area contributed by atoms with Crippen LogP contribution >= 0.6 is 15.9 Å². The number of carbonyl (C=O) groups excluding carboxylic acids is 1. The summed E-state index contributed by atoms with van der Waals surface area (Å²) in [6, 6.07) is 15.3. The van der Waals surface area contributed by atoms with Crippen molar-refractivity contribution in [2.75, 3.05) is 13.1 Å². The highest BCUT2D eigenvalue weighted by Crippen LogP contribution is 2.30. The van der Waals surface area contributed by atoms with E-state index in [4.69, 9.17) is 0 Å². The second-order valence-electron chi connectivity index (χ2n) is 5.31. The zero-order chi connectivity index (χ0) is 14.8. The van der Waals surface area contributed by atoms with Crippen LogP contribution in [0, 0.1) is 0 Å².